The van der Waals surface area contributed by atoms with Gasteiger partial charge in [0, 0.05) is 12.6 Å². The summed E-state index contributed by atoms with van der Waals surface area (Å²) in [6.07, 6.45) is 1.66. The van der Waals surface area contributed by atoms with Crippen LogP contribution in [0.15, 0.2) is 12.7 Å². The largest absolute Gasteiger partial charge is 0.515 e. The third-order valence-electron chi connectivity index (χ3n) is 3.40. The molecule has 0 aliphatic heterocycles. The highest BCUT2D eigenvalue weighted by atomic mass is 28.5. The standard InChI is InChI=1S/C19H48O7Si6/c1-16-18(20)21-19(17-2)32(24-29(9,10)11,25-30(12,13)14)26-31(15,22-27(3,4)5)23-28(6,7)8/h16,19H,1,17H2,2-15H3. The molecule has 0 radical (unpaired) electrons. The molecule has 190 valence electrons. The fourth-order valence-corrected chi connectivity index (χ4v) is 26.5. The average molecular weight is 557 g/mol. The van der Waals surface area contributed by atoms with Gasteiger partial charge in [0.2, 0.25) is 0 Å². The van der Waals surface area contributed by atoms with Crippen molar-refractivity contribution >= 4 is 56.8 Å². The van der Waals surface area contributed by atoms with E-state index in [9.17, 15) is 4.79 Å². The van der Waals surface area contributed by atoms with E-state index in [4.69, 9.17) is 25.3 Å². The SMILES string of the molecule is C=CC(=O)OC(CC)[Si](O[Si](C)(C)C)(O[Si](C)(C)C)O[Si](C)(O[Si](C)(C)C)O[Si](C)(C)C. The number of ether oxygens (including phenoxy) is 1. The highest BCUT2D eigenvalue weighted by Crippen LogP contribution is 2.34. The number of rotatable bonds is 14. The maximum absolute atomic E-state index is 12.3. The summed E-state index contributed by atoms with van der Waals surface area (Å²) in [5.41, 5.74) is -0.672. The van der Waals surface area contributed by atoms with Crippen molar-refractivity contribution in [1.82, 2.24) is 0 Å². The minimum atomic E-state index is -3.62. The third kappa shape index (κ3) is 13.3. The van der Waals surface area contributed by atoms with Crippen molar-refractivity contribution in [3.63, 3.8) is 0 Å². The predicted molar refractivity (Wildman–Crippen MR) is 147 cm³/mol. The fourth-order valence-electron chi connectivity index (χ4n) is 3.14. The Labute approximate surface area is 203 Å². The normalized spacial score (nSPS) is 15.4. The molecule has 0 aromatic rings. The van der Waals surface area contributed by atoms with Gasteiger partial charge in [-0.15, -0.1) is 0 Å². The first-order valence-electron chi connectivity index (χ1n) is 11.3. The molecule has 0 aromatic carbocycles. The summed E-state index contributed by atoms with van der Waals surface area (Å²) in [5.74, 6) is -0.517. The number of hydrogen-bond acceptors (Lipinski definition) is 7. The lowest BCUT2D eigenvalue weighted by molar-refractivity contribution is -0.142. The van der Waals surface area contributed by atoms with Crippen molar-refractivity contribution in [2.45, 2.75) is 104 Å². The molecule has 0 rings (SSSR count). The molecule has 0 saturated heterocycles. The highest BCUT2D eigenvalue weighted by Gasteiger charge is 2.61. The molecule has 0 aromatic heterocycles. The van der Waals surface area contributed by atoms with Gasteiger partial charge < -0.3 is 25.3 Å². The van der Waals surface area contributed by atoms with Crippen LogP contribution in [0.25, 0.3) is 0 Å². The molecule has 7 nitrogen and oxygen atoms in total. The van der Waals surface area contributed by atoms with E-state index in [0.717, 1.165) is 0 Å². The Balaban J connectivity index is 6.84. The van der Waals surface area contributed by atoms with Crippen LogP contribution in [0.2, 0.25) is 85.1 Å². The number of esters is 1. The van der Waals surface area contributed by atoms with Crippen LogP contribution < -0.4 is 0 Å². The maximum atomic E-state index is 12.3. The summed E-state index contributed by atoms with van der Waals surface area (Å²) < 4.78 is 39.6. The van der Waals surface area contributed by atoms with Gasteiger partial charge in [0.1, 0.15) is 0 Å². The van der Waals surface area contributed by atoms with Crippen LogP contribution in [0.3, 0.4) is 0 Å². The Morgan fingerprint density at radius 2 is 1.03 bits per heavy atom. The van der Waals surface area contributed by atoms with Crippen molar-refractivity contribution in [2.24, 2.45) is 0 Å². The van der Waals surface area contributed by atoms with Crippen LogP contribution in [-0.2, 0) is 30.1 Å². The summed E-state index contributed by atoms with van der Waals surface area (Å²) in [6.45, 7) is 32.7. The van der Waals surface area contributed by atoms with Crippen LogP contribution in [0, 0.1) is 0 Å². The first-order valence-corrected chi connectivity index (χ1v) is 28.9. The van der Waals surface area contributed by atoms with Gasteiger partial charge >= 0.3 is 23.6 Å². The summed E-state index contributed by atoms with van der Waals surface area (Å²) in [5, 5.41) is 0. The lowest BCUT2D eigenvalue weighted by Gasteiger charge is -2.47. The number of carbonyl (C=O) groups excluding carboxylic acids is 1. The van der Waals surface area contributed by atoms with Crippen molar-refractivity contribution in [3.8, 4) is 0 Å². The Bertz CT molecular complexity index is 600. The van der Waals surface area contributed by atoms with Gasteiger partial charge in [-0.25, -0.2) is 4.79 Å². The lowest BCUT2D eigenvalue weighted by Crippen LogP contribution is -2.71. The number of hydrogen-bond donors (Lipinski definition) is 0. The molecule has 1 atom stereocenters. The zero-order valence-corrected chi connectivity index (χ0v) is 28.9. The first kappa shape index (κ1) is 32.3. The van der Waals surface area contributed by atoms with Crippen LogP contribution >= 0.6 is 0 Å². The molecular weight excluding hydrogens is 509 g/mol. The van der Waals surface area contributed by atoms with E-state index in [1.165, 1.54) is 6.08 Å². The molecule has 0 N–H and O–H groups in total. The smallest absolute Gasteiger partial charge is 0.455 e. The van der Waals surface area contributed by atoms with E-state index >= 15 is 0 Å². The Morgan fingerprint density at radius 1 is 0.688 bits per heavy atom. The van der Waals surface area contributed by atoms with Crippen LogP contribution in [0.5, 0.6) is 0 Å². The minimum absolute atomic E-state index is 0.491. The molecule has 0 spiro atoms. The fraction of sp³-hybridized carbons (Fsp3) is 0.842. The lowest BCUT2D eigenvalue weighted by atomic mass is 10.5. The quantitative estimate of drug-likeness (QED) is 0.148. The van der Waals surface area contributed by atoms with E-state index in [0.29, 0.717) is 6.42 Å². The Morgan fingerprint density at radius 3 is 1.28 bits per heavy atom. The molecule has 0 amide bonds. The van der Waals surface area contributed by atoms with Crippen LogP contribution in [0.4, 0.5) is 0 Å². The Kier molecular flexibility index (Phi) is 11.5. The third-order valence-corrected chi connectivity index (χ3v) is 22.4. The topological polar surface area (TPSA) is 72.5 Å². The first-order chi connectivity index (χ1) is 13.9. The van der Waals surface area contributed by atoms with Crippen molar-refractivity contribution in [3.05, 3.63) is 12.7 Å². The van der Waals surface area contributed by atoms with Crippen molar-refractivity contribution in [1.29, 1.82) is 0 Å². The average Bonchev–Trinajstić information content (AvgIpc) is 2.43. The molecule has 1 unspecified atom stereocenters. The molecule has 0 bridgehead atoms. The van der Waals surface area contributed by atoms with E-state index < -0.39 is 62.6 Å². The molecule has 32 heavy (non-hydrogen) atoms. The molecule has 0 saturated carbocycles. The van der Waals surface area contributed by atoms with Gasteiger partial charge in [-0.1, -0.05) is 13.5 Å². The monoisotopic (exact) mass is 556 g/mol. The van der Waals surface area contributed by atoms with Gasteiger partial charge in [-0.3, -0.25) is 0 Å². The predicted octanol–water partition coefficient (Wildman–Crippen LogP) is 5.96. The molecule has 0 aliphatic carbocycles. The molecule has 0 fully saturated rings. The second kappa shape index (κ2) is 11.4. The van der Waals surface area contributed by atoms with Crippen LogP contribution in [0.1, 0.15) is 13.3 Å². The van der Waals surface area contributed by atoms with Gasteiger partial charge in [0.05, 0.1) is 0 Å². The van der Waals surface area contributed by atoms with Gasteiger partial charge in [-0.2, -0.15) is 0 Å². The van der Waals surface area contributed by atoms with Gasteiger partial charge in [0.15, 0.2) is 39.0 Å². The van der Waals surface area contributed by atoms with Crippen molar-refractivity contribution in [2.75, 3.05) is 0 Å². The Hall–Kier alpha value is 0.311. The second-order valence-electron chi connectivity index (χ2n) is 12.0. The molecular formula is C19H48O7Si6. The molecule has 0 aliphatic rings. The van der Waals surface area contributed by atoms with E-state index in [1.807, 2.05) is 13.5 Å². The van der Waals surface area contributed by atoms with E-state index in [-0.39, 0.29) is 0 Å². The maximum Gasteiger partial charge on any atom is 0.515 e. The zero-order valence-electron chi connectivity index (χ0n) is 22.9. The second-order valence-corrected chi connectivity index (χ2v) is 36.5. The van der Waals surface area contributed by atoms with Gasteiger partial charge in [-0.05, 0) is 85.0 Å². The number of carbonyl (C=O) groups is 1. The summed E-state index contributed by atoms with van der Waals surface area (Å²) >= 11 is 0. The molecule has 0 heterocycles. The van der Waals surface area contributed by atoms with Gasteiger partial charge in [0.25, 0.3) is 0 Å². The molecule has 13 heteroatoms. The summed E-state index contributed by atoms with van der Waals surface area (Å²) in [7, 11) is -15.4. The van der Waals surface area contributed by atoms with Crippen LogP contribution in [-0.4, -0.2) is 62.6 Å². The summed E-state index contributed by atoms with van der Waals surface area (Å²) in [6, 6.07) is 0. The van der Waals surface area contributed by atoms with Crippen molar-refractivity contribution < 1.29 is 30.1 Å². The van der Waals surface area contributed by atoms with E-state index in [2.05, 4.69) is 85.1 Å². The highest BCUT2D eigenvalue weighted by molar-refractivity contribution is 6.92. The summed E-state index contributed by atoms with van der Waals surface area (Å²) in [4.78, 5) is 12.3. The minimum Gasteiger partial charge on any atom is -0.455 e. The van der Waals surface area contributed by atoms with E-state index in [1.54, 1.807) is 0 Å². The zero-order chi connectivity index (χ0) is 25.8.